The van der Waals surface area contributed by atoms with Crippen LogP contribution in [0.15, 0.2) is 42.5 Å². The molecular formula is C19H19ClN2O3. The molecule has 6 heteroatoms. The van der Waals surface area contributed by atoms with Crippen LogP contribution < -0.4 is 15.4 Å². The van der Waals surface area contributed by atoms with Gasteiger partial charge in [0, 0.05) is 22.2 Å². The molecule has 0 spiro atoms. The Hall–Kier alpha value is -2.53. The molecule has 1 fully saturated rings. The van der Waals surface area contributed by atoms with Gasteiger partial charge in [-0.2, -0.15) is 0 Å². The third kappa shape index (κ3) is 4.12. The molecule has 2 unspecified atom stereocenters. The molecule has 0 saturated heterocycles. The van der Waals surface area contributed by atoms with Gasteiger partial charge in [0.25, 0.3) is 5.91 Å². The van der Waals surface area contributed by atoms with E-state index in [1.807, 2.05) is 0 Å². The minimum Gasteiger partial charge on any atom is -0.495 e. The molecule has 2 atom stereocenters. The van der Waals surface area contributed by atoms with Crippen molar-refractivity contribution in [3.05, 3.63) is 53.1 Å². The van der Waals surface area contributed by atoms with E-state index >= 15 is 0 Å². The number of amides is 2. The maximum atomic E-state index is 12.4. The molecule has 0 bridgehead atoms. The van der Waals surface area contributed by atoms with Crippen molar-refractivity contribution >= 4 is 34.8 Å². The summed E-state index contributed by atoms with van der Waals surface area (Å²) in [4.78, 5) is 24.3. The van der Waals surface area contributed by atoms with Gasteiger partial charge in [0.2, 0.25) is 5.91 Å². The van der Waals surface area contributed by atoms with Gasteiger partial charge in [-0.1, -0.05) is 18.5 Å². The molecule has 0 radical (unpaired) electrons. The van der Waals surface area contributed by atoms with Gasteiger partial charge in [-0.3, -0.25) is 9.59 Å². The van der Waals surface area contributed by atoms with Gasteiger partial charge in [-0.25, -0.2) is 0 Å². The van der Waals surface area contributed by atoms with Crippen molar-refractivity contribution in [3.8, 4) is 5.75 Å². The molecule has 2 N–H and O–H groups in total. The zero-order chi connectivity index (χ0) is 18.0. The minimum absolute atomic E-state index is 0.0355. The van der Waals surface area contributed by atoms with Gasteiger partial charge in [-0.05, 0) is 54.8 Å². The summed E-state index contributed by atoms with van der Waals surface area (Å²) in [5.74, 6) is 0.846. The van der Waals surface area contributed by atoms with Crippen LogP contribution in [-0.2, 0) is 4.79 Å². The predicted octanol–water partition coefficient (Wildman–Crippen LogP) is 4.20. The zero-order valence-electron chi connectivity index (χ0n) is 14.0. The van der Waals surface area contributed by atoms with Crippen molar-refractivity contribution in [2.75, 3.05) is 17.7 Å². The van der Waals surface area contributed by atoms with Gasteiger partial charge >= 0.3 is 0 Å². The van der Waals surface area contributed by atoms with Crippen LogP contribution in [0.25, 0.3) is 0 Å². The second-order valence-electron chi connectivity index (χ2n) is 6.18. The van der Waals surface area contributed by atoms with E-state index in [-0.39, 0.29) is 17.7 Å². The summed E-state index contributed by atoms with van der Waals surface area (Å²) in [7, 11) is 1.52. The number of rotatable bonds is 5. The molecule has 1 aliphatic rings. The molecule has 2 aromatic rings. The maximum absolute atomic E-state index is 12.4. The second kappa shape index (κ2) is 7.15. The van der Waals surface area contributed by atoms with E-state index in [0.717, 1.165) is 6.42 Å². The third-order valence-electron chi connectivity index (χ3n) is 4.27. The molecule has 0 heterocycles. The fraction of sp³-hybridized carbons (Fsp3) is 0.263. The Bertz CT molecular complexity index is 805. The van der Waals surface area contributed by atoms with Crippen molar-refractivity contribution in [1.29, 1.82) is 0 Å². The highest BCUT2D eigenvalue weighted by Crippen LogP contribution is 2.38. The maximum Gasteiger partial charge on any atom is 0.255 e. The number of halogens is 1. The summed E-state index contributed by atoms with van der Waals surface area (Å²) in [5, 5.41) is 6.15. The van der Waals surface area contributed by atoms with Gasteiger partial charge in [0.15, 0.2) is 0 Å². The van der Waals surface area contributed by atoms with Gasteiger partial charge in [0.05, 0.1) is 12.8 Å². The zero-order valence-corrected chi connectivity index (χ0v) is 14.8. The van der Waals surface area contributed by atoms with Crippen molar-refractivity contribution in [1.82, 2.24) is 0 Å². The number of carbonyl (C=O) groups excluding carboxylic acids is 2. The lowest BCUT2D eigenvalue weighted by Gasteiger charge is -2.11. The molecule has 2 aromatic carbocycles. The third-order valence-corrected chi connectivity index (χ3v) is 4.51. The molecule has 0 aromatic heterocycles. The molecule has 3 rings (SSSR count). The summed E-state index contributed by atoms with van der Waals surface area (Å²) < 4.78 is 5.22. The topological polar surface area (TPSA) is 67.4 Å². The van der Waals surface area contributed by atoms with E-state index in [0.29, 0.717) is 33.6 Å². The Morgan fingerprint density at radius 1 is 1.12 bits per heavy atom. The van der Waals surface area contributed by atoms with Crippen molar-refractivity contribution in [2.24, 2.45) is 11.8 Å². The highest BCUT2D eigenvalue weighted by atomic mass is 35.5. The van der Waals surface area contributed by atoms with Crippen LogP contribution in [0.4, 0.5) is 11.4 Å². The van der Waals surface area contributed by atoms with Crippen LogP contribution in [0.5, 0.6) is 5.75 Å². The molecule has 130 valence electrons. The average molecular weight is 359 g/mol. The van der Waals surface area contributed by atoms with E-state index < -0.39 is 0 Å². The lowest BCUT2D eigenvalue weighted by atomic mass is 10.1. The largest absolute Gasteiger partial charge is 0.495 e. The van der Waals surface area contributed by atoms with E-state index in [2.05, 4.69) is 17.6 Å². The Labute approximate surface area is 151 Å². The summed E-state index contributed by atoms with van der Waals surface area (Å²) in [6.07, 6.45) is 0.938. The monoisotopic (exact) mass is 358 g/mol. The van der Waals surface area contributed by atoms with Crippen molar-refractivity contribution in [2.45, 2.75) is 13.3 Å². The van der Waals surface area contributed by atoms with Crippen LogP contribution in [0.2, 0.25) is 5.02 Å². The molecule has 25 heavy (non-hydrogen) atoms. The molecular weight excluding hydrogens is 340 g/mol. The Morgan fingerprint density at radius 2 is 1.80 bits per heavy atom. The first-order valence-corrected chi connectivity index (χ1v) is 8.41. The number of hydrogen-bond acceptors (Lipinski definition) is 3. The number of nitrogens with one attached hydrogen (secondary N) is 2. The summed E-state index contributed by atoms with van der Waals surface area (Å²) in [6, 6.07) is 11.8. The van der Waals surface area contributed by atoms with Crippen molar-refractivity contribution < 1.29 is 14.3 Å². The quantitative estimate of drug-likeness (QED) is 0.841. The average Bonchev–Trinajstić information content (AvgIpc) is 3.33. The molecule has 0 aliphatic heterocycles. The van der Waals surface area contributed by atoms with E-state index in [1.54, 1.807) is 42.5 Å². The molecule has 5 nitrogen and oxygen atoms in total. The first-order chi connectivity index (χ1) is 12.0. The van der Waals surface area contributed by atoms with Crippen LogP contribution in [0.3, 0.4) is 0 Å². The number of anilines is 2. The van der Waals surface area contributed by atoms with Crippen LogP contribution >= 0.6 is 11.6 Å². The van der Waals surface area contributed by atoms with Gasteiger partial charge < -0.3 is 15.4 Å². The van der Waals surface area contributed by atoms with Gasteiger partial charge in [-0.15, -0.1) is 0 Å². The fourth-order valence-electron chi connectivity index (χ4n) is 2.60. The number of hydrogen-bond donors (Lipinski definition) is 2. The SMILES string of the molecule is COc1ccc(Cl)cc1NC(=O)c1ccc(NC(=O)C2CC2C)cc1. The predicted molar refractivity (Wildman–Crippen MR) is 98.3 cm³/mol. The smallest absolute Gasteiger partial charge is 0.255 e. The summed E-state index contributed by atoms with van der Waals surface area (Å²) >= 11 is 5.97. The Balaban J connectivity index is 1.66. The Kier molecular flexibility index (Phi) is 4.95. The van der Waals surface area contributed by atoms with Crippen molar-refractivity contribution in [3.63, 3.8) is 0 Å². The number of methoxy groups -OCH3 is 1. The summed E-state index contributed by atoms with van der Waals surface area (Å²) in [5.41, 5.74) is 1.65. The highest BCUT2D eigenvalue weighted by molar-refractivity contribution is 6.31. The standard InChI is InChI=1S/C19H19ClN2O3/c1-11-9-15(11)19(24)21-14-6-3-12(4-7-14)18(23)22-16-10-13(20)5-8-17(16)25-2/h3-8,10-11,15H,9H2,1-2H3,(H,21,24)(H,22,23). The van der Waals surface area contributed by atoms with E-state index in [4.69, 9.17) is 16.3 Å². The first-order valence-electron chi connectivity index (χ1n) is 8.03. The lowest BCUT2D eigenvalue weighted by molar-refractivity contribution is -0.117. The van der Waals surface area contributed by atoms with Crippen LogP contribution in [0.1, 0.15) is 23.7 Å². The van der Waals surface area contributed by atoms with Crippen LogP contribution in [-0.4, -0.2) is 18.9 Å². The number of benzene rings is 2. The van der Waals surface area contributed by atoms with Crippen LogP contribution in [0, 0.1) is 11.8 Å². The fourth-order valence-corrected chi connectivity index (χ4v) is 2.77. The molecule has 2 amide bonds. The first kappa shape index (κ1) is 17.3. The normalized spacial score (nSPS) is 18.4. The molecule has 1 saturated carbocycles. The highest BCUT2D eigenvalue weighted by Gasteiger charge is 2.39. The summed E-state index contributed by atoms with van der Waals surface area (Å²) in [6.45, 7) is 2.06. The number of carbonyl (C=O) groups is 2. The van der Waals surface area contributed by atoms with E-state index in [1.165, 1.54) is 7.11 Å². The number of ether oxygens (including phenoxy) is 1. The second-order valence-corrected chi connectivity index (χ2v) is 6.62. The molecule has 1 aliphatic carbocycles. The lowest BCUT2D eigenvalue weighted by Crippen LogP contribution is -2.15. The minimum atomic E-state index is -0.283. The Morgan fingerprint density at radius 3 is 2.40 bits per heavy atom. The van der Waals surface area contributed by atoms with E-state index in [9.17, 15) is 9.59 Å². The van der Waals surface area contributed by atoms with Gasteiger partial charge in [0.1, 0.15) is 5.75 Å².